The van der Waals surface area contributed by atoms with Crippen LogP contribution in [0.2, 0.25) is 0 Å². The van der Waals surface area contributed by atoms with E-state index in [-0.39, 0.29) is 38.9 Å². The molecule has 3 aromatic rings. The highest BCUT2D eigenvalue weighted by Crippen LogP contribution is 2.30. The molecule has 1 aliphatic rings. The third kappa shape index (κ3) is 3.89. The van der Waals surface area contributed by atoms with Crippen LogP contribution in [0.3, 0.4) is 0 Å². The summed E-state index contributed by atoms with van der Waals surface area (Å²) in [5.74, 6) is -1.82. The minimum atomic E-state index is -0.871. The van der Waals surface area contributed by atoms with E-state index in [2.05, 4.69) is 15.5 Å². The number of hydrogen-bond donors (Lipinski definition) is 1. The quantitative estimate of drug-likeness (QED) is 0.323. The van der Waals surface area contributed by atoms with Gasteiger partial charge < -0.3 is 0 Å². The number of rotatable bonds is 6. The molecule has 0 aliphatic carbocycles. The van der Waals surface area contributed by atoms with Crippen LogP contribution in [0.15, 0.2) is 36.4 Å². The molecule has 1 aromatic heterocycles. The van der Waals surface area contributed by atoms with E-state index in [4.69, 9.17) is 0 Å². The summed E-state index contributed by atoms with van der Waals surface area (Å²) in [6.07, 6.45) is 0. The van der Waals surface area contributed by atoms with Gasteiger partial charge in [0.15, 0.2) is 0 Å². The molecule has 166 valence electrons. The van der Waals surface area contributed by atoms with E-state index in [0.717, 1.165) is 28.4 Å². The molecule has 2 aromatic carbocycles. The van der Waals surface area contributed by atoms with Crippen LogP contribution in [0.1, 0.15) is 41.6 Å². The molecule has 14 heteroatoms. The lowest BCUT2D eigenvalue weighted by molar-refractivity contribution is -0.395. The largest absolute Gasteiger partial charge is 0.296 e. The van der Waals surface area contributed by atoms with Gasteiger partial charge in [0.25, 0.3) is 29.1 Å². The van der Waals surface area contributed by atoms with Crippen LogP contribution in [0.4, 0.5) is 16.5 Å². The molecule has 0 atom stereocenters. The number of nitro groups is 2. The molecular weight excluding hydrogens is 456 g/mol. The lowest BCUT2D eigenvalue weighted by Crippen LogP contribution is -2.29. The number of carbonyl (C=O) groups excluding carboxylic acids is 3. The van der Waals surface area contributed by atoms with Gasteiger partial charge in [0.1, 0.15) is 10.6 Å². The maximum atomic E-state index is 12.5. The number of carbonyl (C=O) groups is 3. The van der Waals surface area contributed by atoms with Crippen LogP contribution in [0.5, 0.6) is 0 Å². The molecule has 0 saturated heterocycles. The van der Waals surface area contributed by atoms with Crippen molar-refractivity contribution in [2.45, 2.75) is 13.5 Å². The fourth-order valence-electron chi connectivity index (χ4n) is 3.25. The van der Waals surface area contributed by atoms with E-state index in [1.807, 2.05) is 0 Å². The second kappa shape index (κ2) is 8.16. The first-order chi connectivity index (χ1) is 15.7. The predicted molar refractivity (Wildman–Crippen MR) is 113 cm³/mol. The van der Waals surface area contributed by atoms with Crippen molar-refractivity contribution < 1.29 is 24.2 Å². The molecular formula is C19H12N6O7S. The third-order valence-corrected chi connectivity index (χ3v) is 5.69. The highest BCUT2D eigenvalue weighted by Gasteiger charge is 2.35. The number of aromatic nitrogens is 2. The Morgan fingerprint density at radius 1 is 1.03 bits per heavy atom. The molecule has 0 saturated carbocycles. The number of hydrogen-bond acceptors (Lipinski definition) is 10. The molecule has 1 aliphatic heterocycles. The molecule has 13 nitrogen and oxygen atoms in total. The molecule has 1 N–H and O–H groups in total. The summed E-state index contributed by atoms with van der Waals surface area (Å²) in [5, 5.41) is 32.6. The first-order valence-corrected chi connectivity index (χ1v) is 10.0. The van der Waals surface area contributed by atoms with Crippen molar-refractivity contribution in [3.8, 4) is 0 Å². The summed E-state index contributed by atoms with van der Waals surface area (Å²) in [5.41, 5.74) is -1.07. The second-order valence-electron chi connectivity index (χ2n) is 6.85. The zero-order valence-corrected chi connectivity index (χ0v) is 17.5. The number of anilines is 1. The second-order valence-corrected chi connectivity index (χ2v) is 7.91. The van der Waals surface area contributed by atoms with Crippen molar-refractivity contribution >= 4 is 45.6 Å². The van der Waals surface area contributed by atoms with Gasteiger partial charge in [-0.2, -0.15) is 0 Å². The highest BCUT2D eigenvalue weighted by atomic mass is 32.1. The fraction of sp³-hybridized carbons (Fsp3) is 0.105. The zero-order valence-electron chi connectivity index (χ0n) is 16.7. The number of amides is 3. The van der Waals surface area contributed by atoms with Crippen molar-refractivity contribution in [3.63, 3.8) is 0 Å². The standard InChI is InChI=1S/C19H12N6O7S/c1-9-13(24(29)30)6-10(7-14(9)25(31)32)16(26)20-19-22-21-15(33-19)8-23-17(27)11-4-2-3-5-12(11)18(23)28/h2-7H,8H2,1H3,(H,20,22,26). The molecule has 0 bridgehead atoms. The Hall–Kier alpha value is -4.59. The summed E-state index contributed by atoms with van der Waals surface area (Å²) < 4.78 is 0. The Kier molecular flexibility index (Phi) is 5.35. The highest BCUT2D eigenvalue weighted by molar-refractivity contribution is 7.15. The van der Waals surface area contributed by atoms with E-state index in [1.54, 1.807) is 24.3 Å². The monoisotopic (exact) mass is 468 g/mol. The Labute approximate surface area is 188 Å². The average Bonchev–Trinajstić information content (AvgIpc) is 3.31. The molecule has 33 heavy (non-hydrogen) atoms. The van der Waals surface area contributed by atoms with Crippen LogP contribution in [0.25, 0.3) is 0 Å². The van der Waals surface area contributed by atoms with E-state index in [0.29, 0.717) is 0 Å². The van der Waals surface area contributed by atoms with Gasteiger partial charge >= 0.3 is 0 Å². The lowest BCUT2D eigenvalue weighted by Gasteiger charge is -2.10. The number of fused-ring (bicyclic) bond motifs is 1. The minimum Gasteiger partial charge on any atom is -0.296 e. The van der Waals surface area contributed by atoms with Crippen molar-refractivity contribution in [1.29, 1.82) is 0 Å². The van der Waals surface area contributed by atoms with Gasteiger partial charge in [-0.1, -0.05) is 23.5 Å². The molecule has 3 amide bonds. The molecule has 0 spiro atoms. The molecule has 0 fully saturated rings. The Morgan fingerprint density at radius 3 is 2.09 bits per heavy atom. The third-order valence-electron chi connectivity index (χ3n) is 4.87. The maximum absolute atomic E-state index is 12.5. The molecule has 0 unspecified atom stereocenters. The van der Waals surface area contributed by atoms with Gasteiger partial charge in [-0.3, -0.25) is 44.8 Å². The Morgan fingerprint density at radius 2 is 1.58 bits per heavy atom. The van der Waals surface area contributed by atoms with Crippen molar-refractivity contribution in [2.75, 3.05) is 5.32 Å². The predicted octanol–water partition coefficient (Wildman–Crippen LogP) is 2.71. The summed E-state index contributed by atoms with van der Waals surface area (Å²) in [6.45, 7) is 1.05. The molecule has 2 heterocycles. The first kappa shape index (κ1) is 21.6. The number of nitro benzene ring substituents is 2. The van der Waals surface area contributed by atoms with Crippen LogP contribution in [-0.4, -0.2) is 42.7 Å². The summed E-state index contributed by atoms with van der Waals surface area (Å²) in [6, 6.07) is 8.23. The zero-order chi connectivity index (χ0) is 23.9. The number of nitrogens with zero attached hydrogens (tertiary/aromatic N) is 5. The van der Waals surface area contributed by atoms with Crippen molar-refractivity contribution in [2.24, 2.45) is 0 Å². The number of imide groups is 1. The molecule has 4 rings (SSSR count). The SMILES string of the molecule is Cc1c([N+](=O)[O-])cc(C(=O)Nc2nnc(CN3C(=O)c4ccccc4C3=O)s2)cc1[N+](=O)[O-]. The normalized spacial score (nSPS) is 12.6. The van der Waals surface area contributed by atoms with Gasteiger partial charge in [-0.05, 0) is 19.1 Å². The summed E-state index contributed by atoms with van der Waals surface area (Å²) >= 11 is 0.882. The number of nitrogens with one attached hydrogen (secondary N) is 1. The first-order valence-electron chi connectivity index (χ1n) is 9.19. The number of benzene rings is 2. The Bertz CT molecular complexity index is 1300. The van der Waals surface area contributed by atoms with Crippen molar-refractivity contribution in [1.82, 2.24) is 15.1 Å². The van der Waals surface area contributed by atoms with Gasteiger partial charge in [0.05, 0.1) is 33.1 Å². The lowest BCUT2D eigenvalue weighted by atomic mass is 10.1. The van der Waals surface area contributed by atoms with Crippen LogP contribution < -0.4 is 5.32 Å². The average molecular weight is 468 g/mol. The van der Waals surface area contributed by atoms with E-state index in [9.17, 15) is 34.6 Å². The van der Waals surface area contributed by atoms with E-state index >= 15 is 0 Å². The minimum absolute atomic E-state index is 0.0162. The summed E-state index contributed by atoms with van der Waals surface area (Å²) in [4.78, 5) is 59.3. The van der Waals surface area contributed by atoms with Gasteiger partial charge in [-0.25, -0.2) is 0 Å². The van der Waals surface area contributed by atoms with E-state index < -0.39 is 38.9 Å². The van der Waals surface area contributed by atoms with Crippen molar-refractivity contribution in [3.05, 3.63) is 83.9 Å². The van der Waals surface area contributed by atoms with Crippen LogP contribution in [0, 0.1) is 27.2 Å². The van der Waals surface area contributed by atoms with Gasteiger partial charge in [0.2, 0.25) is 5.13 Å². The maximum Gasteiger partial charge on any atom is 0.279 e. The van der Waals surface area contributed by atoms with Crippen LogP contribution in [-0.2, 0) is 6.54 Å². The topological polar surface area (TPSA) is 179 Å². The smallest absolute Gasteiger partial charge is 0.279 e. The van der Waals surface area contributed by atoms with Crippen LogP contribution >= 0.6 is 11.3 Å². The summed E-state index contributed by atoms with van der Waals surface area (Å²) in [7, 11) is 0. The van der Waals surface area contributed by atoms with Gasteiger partial charge in [-0.15, -0.1) is 10.2 Å². The van der Waals surface area contributed by atoms with Gasteiger partial charge in [0, 0.05) is 12.1 Å². The molecule has 0 radical (unpaired) electrons. The van der Waals surface area contributed by atoms with E-state index in [1.165, 1.54) is 6.92 Å². The Balaban J connectivity index is 1.52. The fourth-order valence-corrected chi connectivity index (χ4v) is 3.97.